The van der Waals surface area contributed by atoms with Crippen molar-refractivity contribution in [2.24, 2.45) is 11.7 Å². The number of nitrogens with two attached hydrogens (primary N) is 1. The van der Waals surface area contributed by atoms with Gasteiger partial charge in [0.15, 0.2) is 0 Å². The Bertz CT molecular complexity index is 430. The Balaban J connectivity index is 1.81. The van der Waals surface area contributed by atoms with Crippen LogP contribution in [0, 0.1) is 5.92 Å². The van der Waals surface area contributed by atoms with E-state index in [1.54, 1.807) is 6.20 Å². The van der Waals surface area contributed by atoms with Gasteiger partial charge in [-0.3, -0.25) is 0 Å². The molecule has 3 N–H and O–H groups in total. The minimum atomic E-state index is 0.391. The standard InChI is InChI=1S/C14H22N4S/c1-10(2)18-6-5-11(9-18)7-16-13-4-3-12(8-17-13)14(15)19/h3-4,8,10-11H,5-7,9H2,1-2H3,(H2,15,19)(H,16,17). The number of aromatic nitrogens is 1. The molecule has 1 fully saturated rings. The van der Waals surface area contributed by atoms with Gasteiger partial charge in [-0.15, -0.1) is 0 Å². The van der Waals surface area contributed by atoms with Crippen LogP contribution >= 0.6 is 12.2 Å². The predicted octanol–water partition coefficient (Wildman–Crippen LogP) is 1.86. The summed E-state index contributed by atoms with van der Waals surface area (Å²) in [5.41, 5.74) is 6.36. The van der Waals surface area contributed by atoms with Crippen molar-refractivity contribution in [1.82, 2.24) is 9.88 Å². The molecule has 1 aromatic heterocycles. The number of pyridine rings is 1. The Labute approximate surface area is 120 Å². The van der Waals surface area contributed by atoms with Crippen LogP contribution in [-0.2, 0) is 0 Å². The maximum atomic E-state index is 5.55. The highest BCUT2D eigenvalue weighted by Crippen LogP contribution is 2.18. The SMILES string of the molecule is CC(C)N1CCC(CNc2ccc(C(N)=S)cn2)C1. The molecule has 104 valence electrons. The van der Waals surface area contributed by atoms with E-state index >= 15 is 0 Å². The number of hydrogen-bond acceptors (Lipinski definition) is 4. The van der Waals surface area contributed by atoms with Crippen LogP contribution in [0.5, 0.6) is 0 Å². The fourth-order valence-corrected chi connectivity index (χ4v) is 2.51. The van der Waals surface area contributed by atoms with Gasteiger partial charge >= 0.3 is 0 Å². The normalized spacial score (nSPS) is 19.8. The molecule has 1 atom stereocenters. The van der Waals surface area contributed by atoms with Gasteiger partial charge in [0.05, 0.1) is 0 Å². The van der Waals surface area contributed by atoms with Crippen molar-refractivity contribution in [3.8, 4) is 0 Å². The first-order valence-electron chi connectivity index (χ1n) is 6.80. The lowest BCUT2D eigenvalue weighted by Gasteiger charge is -2.20. The molecule has 0 spiro atoms. The fraction of sp³-hybridized carbons (Fsp3) is 0.571. The van der Waals surface area contributed by atoms with E-state index in [4.69, 9.17) is 18.0 Å². The topological polar surface area (TPSA) is 54.2 Å². The van der Waals surface area contributed by atoms with Crippen molar-refractivity contribution in [1.29, 1.82) is 0 Å². The summed E-state index contributed by atoms with van der Waals surface area (Å²) < 4.78 is 0. The summed E-state index contributed by atoms with van der Waals surface area (Å²) in [4.78, 5) is 7.24. The molecule has 4 nitrogen and oxygen atoms in total. The van der Waals surface area contributed by atoms with Crippen molar-refractivity contribution < 1.29 is 0 Å². The number of rotatable bonds is 5. The van der Waals surface area contributed by atoms with E-state index < -0.39 is 0 Å². The third-order valence-corrected chi connectivity index (χ3v) is 3.90. The molecule has 1 aromatic rings. The van der Waals surface area contributed by atoms with E-state index in [1.807, 2.05) is 12.1 Å². The zero-order chi connectivity index (χ0) is 13.8. The lowest BCUT2D eigenvalue weighted by Crippen LogP contribution is -2.29. The Morgan fingerprint density at radius 1 is 1.58 bits per heavy atom. The van der Waals surface area contributed by atoms with Crippen LogP contribution in [0.15, 0.2) is 18.3 Å². The first-order valence-corrected chi connectivity index (χ1v) is 7.21. The molecular formula is C14H22N4S. The van der Waals surface area contributed by atoms with Gasteiger partial charge in [0.1, 0.15) is 10.8 Å². The van der Waals surface area contributed by atoms with Crippen molar-refractivity contribution in [2.75, 3.05) is 25.0 Å². The average Bonchev–Trinajstić information content (AvgIpc) is 2.86. The van der Waals surface area contributed by atoms with Gasteiger partial charge in [0.25, 0.3) is 0 Å². The number of thiocarbonyl (C=S) groups is 1. The summed E-state index contributed by atoms with van der Waals surface area (Å²) in [6.07, 6.45) is 2.98. The van der Waals surface area contributed by atoms with Gasteiger partial charge in [0, 0.05) is 30.9 Å². The number of nitrogens with one attached hydrogen (secondary N) is 1. The molecule has 1 aliphatic heterocycles. The number of hydrogen-bond donors (Lipinski definition) is 2. The van der Waals surface area contributed by atoms with Crippen molar-refractivity contribution >= 4 is 23.0 Å². The minimum absolute atomic E-state index is 0.391. The van der Waals surface area contributed by atoms with Crippen LogP contribution in [-0.4, -0.2) is 40.5 Å². The largest absolute Gasteiger partial charge is 0.389 e. The molecule has 1 aliphatic rings. The van der Waals surface area contributed by atoms with Gasteiger partial charge in [-0.1, -0.05) is 12.2 Å². The summed E-state index contributed by atoms with van der Waals surface area (Å²) in [5.74, 6) is 1.60. The number of anilines is 1. The van der Waals surface area contributed by atoms with Crippen molar-refractivity contribution in [3.05, 3.63) is 23.9 Å². The van der Waals surface area contributed by atoms with E-state index in [-0.39, 0.29) is 0 Å². The molecular weight excluding hydrogens is 256 g/mol. The number of nitrogens with zero attached hydrogens (tertiary/aromatic N) is 2. The molecule has 0 aliphatic carbocycles. The fourth-order valence-electron chi connectivity index (χ4n) is 2.39. The molecule has 2 heterocycles. The first-order chi connectivity index (χ1) is 9.06. The number of likely N-dealkylation sites (tertiary alicyclic amines) is 1. The predicted molar refractivity (Wildman–Crippen MR) is 83.4 cm³/mol. The molecule has 0 radical (unpaired) electrons. The van der Waals surface area contributed by atoms with Gasteiger partial charge in [-0.25, -0.2) is 4.98 Å². The minimum Gasteiger partial charge on any atom is -0.389 e. The molecule has 0 saturated carbocycles. The summed E-state index contributed by atoms with van der Waals surface area (Å²) in [5, 5.41) is 3.39. The first kappa shape index (κ1) is 14.2. The lowest BCUT2D eigenvalue weighted by atomic mass is 10.1. The monoisotopic (exact) mass is 278 g/mol. The third-order valence-electron chi connectivity index (χ3n) is 3.67. The Kier molecular flexibility index (Phi) is 4.71. The van der Waals surface area contributed by atoms with Gasteiger partial charge < -0.3 is 16.0 Å². The highest BCUT2D eigenvalue weighted by atomic mass is 32.1. The quantitative estimate of drug-likeness (QED) is 0.805. The van der Waals surface area contributed by atoms with Crippen LogP contribution in [0.2, 0.25) is 0 Å². The van der Waals surface area contributed by atoms with Crippen LogP contribution in [0.4, 0.5) is 5.82 Å². The molecule has 19 heavy (non-hydrogen) atoms. The molecule has 0 aromatic carbocycles. The van der Waals surface area contributed by atoms with Gasteiger partial charge in [-0.05, 0) is 44.9 Å². The van der Waals surface area contributed by atoms with E-state index in [1.165, 1.54) is 19.5 Å². The second kappa shape index (κ2) is 6.30. The molecule has 5 heteroatoms. The third kappa shape index (κ3) is 3.88. The van der Waals surface area contributed by atoms with Crippen molar-refractivity contribution in [2.45, 2.75) is 26.3 Å². The van der Waals surface area contributed by atoms with Gasteiger partial charge in [0.2, 0.25) is 0 Å². The second-order valence-electron chi connectivity index (χ2n) is 5.42. The average molecular weight is 278 g/mol. The van der Waals surface area contributed by atoms with E-state index in [0.717, 1.165) is 17.9 Å². The smallest absolute Gasteiger partial charge is 0.125 e. The van der Waals surface area contributed by atoms with Gasteiger partial charge in [-0.2, -0.15) is 0 Å². The molecule has 0 bridgehead atoms. The van der Waals surface area contributed by atoms with Crippen LogP contribution in [0.3, 0.4) is 0 Å². The van der Waals surface area contributed by atoms with E-state index in [9.17, 15) is 0 Å². The highest BCUT2D eigenvalue weighted by Gasteiger charge is 2.23. The molecule has 1 unspecified atom stereocenters. The summed E-state index contributed by atoms with van der Waals surface area (Å²) in [6, 6.07) is 4.49. The van der Waals surface area contributed by atoms with Crippen molar-refractivity contribution in [3.63, 3.8) is 0 Å². The highest BCUT2D eigenvalue weighted by molar-refractivity contribution is 7.80. The summed E-state index contributed by atoms with van der Waals surface area (Å²) >= 11 is 4.91. The summed E-state index contributed by atoms with van der Waals surface area (Å²) in [6.45, 7) is 7.87. The maximum Gasteiger partial charge on any atom is 0.125 e. The summed E-state index contributed by atoms with van der Waals surface area (Å²) in [7, 11) is 0. The zero-order valence-corrected chi connectivity index (χ0v) is 12.4. The van der Waals surface area contributed by atoms with E-state index in [2.05, 4.69) is 29.0 Å². The van der Waals surface area contributed by atoms with Crippen LogP contribution in [0.25, 0.3) is 0 Å². The lowest BCUT2D eigenvalue weighted by molar-refractivity contribution is 0.266. The Morgan fingerprint density at radius 3 is 2.89 bits per heavy atom. The van der Waals surface area contributed by atoms with Crippen LogP contribution < -0.4 is 11.1 Å². The Hall–Kier alpha value is -1.20. The van der Waals surface area contributed by atoms with Crippen LogP contribution in [0.1, 0.15) is 25.8 Å². The molecule has 2 rings (SSSR count). The molecule has 0 amide bonds. The second-order valence-corrected chi connectivity index (χ2v) is 5.86. The van der Waals surface area contributed by atoms with E-state index in [0.29, 0.717) is 16.9 Å². The Morgan fingerprint density at radius 2 is 2.37 bits per heavy atom. The maximum absolute atomic E-state index is 5.55. The zero-order valence-electron chi connectivity index (χ0n) is 11.6. The molecule has 1 saturated heterocycles.